The number of aromatic nitrogens is 2. The predicted molar refractivity (Wildman–Crippen MR) is 117 cm³/mol. The van der Waals surface area contributed by atoms with Crippen molar-refractivity contribution in [3.05, 3.63) is 113 Å². The van der Waals surface area contributed by atoms with Crippen LogP contribution in [0, 0.1) is 11.6 Å². The molecular formula is C25H22F2N4O2. The molecular weight excluding hydrogens is 426 g/mol. The van der Waals surface area contributed by atoms with E-state index in [1.54, 1.807) is 24.5 Å². The first kappa shape index (κ1) is 21.1. The maximum absolute atomic E-state index is 14.7. The Morgan fingerprint density at radius 1 is 1.09 bits per heavy atom. The van der Waals surface area contributed by atoms with Gasteiger partial charge < -0.3 is 14.3 Å². The molecule has 1 aliphatic rings. The number of carbonyl (C=O) groups excluding carboxylic acids is 1. The summed E-state index contributed by atoms with van der Waals surface area (Å²) in [5.41, 5.74) is 2.26. The Kier molecular flexibility index (Phi) is 5.75. The molecule has 168 valence electrons. The Hall–Kier alpha value is -3.78. The van der Waals surface area contributed by atoms with Crippen LogP contribution in [0.2, 0.25) is 0 Å². The molecule has 6 nitrogen and oxygen atoms in total. The molecule has 1 aliphatic heterocycles. The first-order valence-corrected chi connectivity index (χ1v) is 10.7. The monoisotopic (exact) mass is 448 g/mol. The number of pyridine rings is 1. The highest BCUT2D eigenvalue weighted by Gasteiger charge is 2.31. The third kappa shape index (κ3) is 4.42. The number of halogens is 2. The predicted octanol–water partition coefficient (Wildman–Crippen LogP) is 4.29. The molecule has 0 bridgehead atoms. The summed E-state index contributed by atoms with van der Waals surface area (Å²) in [5.74, 6) is -0.704. The maximum Gasteiger partial charge on any atom is 0.287 e. The number of rotatable bonds is 6. The van der Waals surface area contributed by atoms with Crippen LogP contribution in [-0.4, -0.2) is 26.9 Å². The molecule has 0 spiro atoms. The zero-order chi connectivity index (χ0) is 22.8. The standard InChI is InChI=1S/C25H22F2N4O2/c26-18-3-5-20(21(27)14-18)24-22-2-1-11-30(22)12-13-31(24)16-19-4-6-23(33-19)25(32)29-15-17-7-9-28-10-8-17/h1-11,14,24H,12-13,15-16H2,(H,29,32). The largest absolute Gasteiger partial charge is 0.455 e. The summed E-state index contributed by atoms with van der Waals surface area (Å²) < 4.78 is 36.1. The van der Waals surface area contributed by atoms with Gasteiger partial charge in [-0.1, -0.05) is 6.07 Å². The van der Waals surface area contributed by atoms with Crippen LogP contribution >= 0.6 is 0 Å². The average molecular weight is 448 g/mol. The number of amides is 1. The van der Waals surface area contributed by atoms with Gasteiger partial charge in [-0.3, -0.25) is 14.7 Å². The average Bonchev–Trinajstić information content (AvgIpc) is 3.48. The molecule has 5 rings (SSSR count). The fourth-order valence-electron chi connectivity index (χ4n) is 4.24. The SMILES string of the molecule is O=C(NCc1ccncc1)c1ccc(CN2CCn3cccc3C2c2ccc(F)cc2F)o1. The lowest BCUT2D eigenvalue weighted by Gasteiger charge is -2.37. The van der Waals surface area contributed by atoms with Gasteiger partial charge in [0.15, 0.2) is 5.76 Å². The van der Waals surface area contributed by atoms with Crippen molar-refractivity contribution in [2.45, 2.75) is 25.7 Å². The molecule has 1 unspecified atom stereocenters. The van der Waals surface area contributed by atoms with Crippen molar-refractivity contribution in [3.8, 4) is 0 Å². The summed E-state index contributed by atoms with van der Waals surface area (Å²) in [5, 5.41) is 2.83. The summed E-state index contributed by atoms with van der Waals surface area (Å²) in [4.78, 5) is 18.5. The molecule has 1 atom stereocenters. The van der Waals surface area contributed by atoms with Gasteiger partial charge in [-0.2, -0.15) is 0 Å². The topological polar surface area (TPSA) is 63.3 Å². The third-order valence-electron chi connectivity index (χ3n) is 5.84. The molecule has 33 heavy (non-hydrogen) atoms. The van der Waals surface area contributed by atoms with Gasteiger partial charge in [-0.25, -0.2) is 8.78 Å². The van der Waals surface area contributed by atoms with Gasteiger partial charge in [-0.05, 0) is 48.0 Å². The van der Waals surface area contributed by atoms with Gasteiger partial charge in [-0.15, -0.1) is 0 Å². The van der Waals surface area contributed by atoms with Crippen LogP contribution in [0.15, 0.2) is 77.6 Å². The number of fused-ring (bicyclic) bond motifs is 1. The Balaban J connectivity index is 1.34. The molecule has 1 aromatic carbocycles. The molecule has 0 saturated heterocycles. The van der Waals surface area contributed by atoms with E-state index >= 15 is 0 Å². The Morgan fingerprint density at radius 3 is 2.76 bits per heavy atom. The van der Waals surface area contributed by atoms with Crippen molar-refractivity contribution in [3.63, 3.8) is 0 Å². The van der Waals surface area contributed by atoms with Gasteiger partial charge in [0.05, 0.1) is 12.6 Å². The summed E-state index contributed by atoms with van der Waals surface area (Å²) in [7, 11) is 0. The van der Waals surface area contributed by atoms with Crippen molar-refractivity contribution < 1.29 is 18.0 Å². The smallest absolute Gasteiger partial charge is 0.287 e. The van der Waals surface area contributed by atoms with E-state index in [9.17, 15) is 13.6 Å². The van der Waals surface area contributed by atoms with Gasteiger partial charge in [0, 0.05) is 55.5 Å². The van der Waals surface area contributed by atoms with E-state index in [0.717, 1.165) is 23.9 Å². The second-order valence-corrected chi connectivity index (χ2v) is 7.97. The number of hydrogen-bond acceptors (Lipinski definition) is 4. The molecule has 3 aromatic heterocycles. The number of hydrogen-bond donors (Lipinski definition) is 1. The van der Waals surface area contributed by atoms with E-state index in [0.29, 0.717) is 31.0 Å². The molecule has 0 fully saturated rings. The molecule has 0 radical (unpaired) electrons. The van der Waals surface area contributed by atoms with Gasteiger partial charge >= 0.3 is 0 Å². The minimum atomic E-state index is -0.609. The number of benzene rings is 1. The van der Waals surface area contributed by atoms with Crippen LogP contribution in [0.5, 0.6) is 0 Å². The van der Waals surface area contributed by atoms with Crippen LogP contribution < -0.4 is 5.32 Å². The molecule has 1 amide bonds. The van der Waals surface area contributed by atoms with Gasteiger partial charge in [0.2, 0.25) is 0 Å². The van der Waals surface area contributed by atoms with Crippen LogP contribution in [0.1, 0.15) is 39.2 Å². The number of nitrogens with zero attached hydrogens (tertiary/aromatic N) is 3. The van der Waals surface area contributed by atoms with Crippen molar-refractivity contribution in [2.24, 2.45) is 0 Å². The van der Waals surface area contributed by atoms with E-state index in [2.05, 4.69) is 19.8 Å². The summed E-state index contributed by atoms with van der Waals surface area (Å²) in [6, 6.07) is 14.2. The van der Waals surface area contributed by atoms with Crippen molar-refractivity contribution >= 4 is 5.91 Å². The first-order chi connectivity index (χ1) is 16.1. The van der Waals surface area contributed by atoms with Gasteiger partial charge in [0.1, 0.15) is 17.4 Å². The third-order valence-corrected chi connectivity index (χ3v) is 5.84. The summed E-state index contributed by atoms with van der Waals surface area (Å²) >= 11 is 0. The Morgan fingerprint density at radius 2 is 1.94 bits per heavy atom. The fraction of sp³-hybridized carbons (Fsp3) is 0.200. The Labute approximate surface area is 189 Å². The first-order valence-electron chi connectivity index (χ1n) is 10.7. The normalized spacial score (nSPS) is 15.9. The highest BCUT2D eigenvalue weighted by molar-refractivity contribution is 5.91. The van der Waals surface area contributed by atoms with Crippen molar-refractivity contribution in [1.82, 2.24) is 19.8 Å². The lowest BCUT2D eigenvalue weighted by molar-refractivity contribution is 0.0916. The molecule has 4 aromatic rings. The number of nitrogens with one attached hydrogen (secondary N) is 1. The second kappa shape index (κ2) is 8.99. The van der Waals surface area contributed by atoms with Crippen LogP contribution in [-0.2, 0) is 19.6 Å². The zero-order valence-electron chi connectivity index (χ0n) is 17.7. The number of carbonyl (C=O) groups is 1. The highest BCUT2D eigenvalue weighted by atomic mass is 19.1. The lowest BCUT2D eigenvalue weighted by atomic mass is 9.99. The van der Waals surface area contributed by atoms with Crippen LogP contribution in [0.4, 0.5) is 8.78 Å². The Bertz CT molecular complexity index is 1270. The quantitative estimate of drug-likeness (QED) is 0.478. The highest BCUT2D eigenvalue weighted by Crippen LogP contribution is 2.35. The summed E-state index contributed by atoms with van der Waals surface area (Å²) in [6.45, 7) is 2.13. The van der Waals surface area contributed by atoms with E-state index in [1.165, 1.54) is 12.1 Å². The molecule has 8 heteroatoms. The molecule has 0 aliphatic carbocycles. The minimum Gasteiger partial charge on any atom is -0.455 e. The second-order valence-electron chi connectivity index (χ2n) is 7.97. The fourth-order valence-corrected chi connectivity index (χ4v) is 4.24. The molecule has 1 N–H and O–H groups in total. The van der Waals surface area contributed by atoms with Crippen LogP contribution in [0.3, 0.4) is 0 Å². The molecule has 0 saturated carbocycles. The number of furan rings is 1. The van der Waals surface area contributed by atoms with Gasteiger partial charge in [0.25, 0.3) is 5.91 Å². The van der Waals surface area contributed by atoms with E-state index in [1.807, 2.05) is 30.5 Å². The van der Waals surface area contributed by atoms with E-state index < -0.39 is 17.7 Å². The maximum atomic E-state index is 14.7. The van der Waals surface area contributed by atoms with E-state index in [-0.39, 0.29) is 11.7 Å². The van der Waals surface area contributed by atoms with E-state index in [4.69, 9.17) is 4.42 Å². The summed E-state index contributed by atoms with van der Waals surface area (Å²) in [6.07, 6.45) is 5.29. The van der Waals surface area contributed by atoms with Crippen molar-refractivity contribution in [2.75, 3.05) is 6.54 Å². The lowest BCUT2D eigenvalue weighted by Crippen LogP contribution is -2.38. The molecule has 4 heterocycles. The zero-order valence-corrected chi connectivity index (χ0v) is 17.7. The van der Waals surface area contributed by atoms with Crippen LogP contribution in [0.25, 0.3) is 0 Å². The minimum absolute atomic E-state index is 0.212. The van der Waals surface area contributed by atoms with Crippen molar-refractivity contribution in [1.29, 1.82) is 0 Å².